The van der Waals surface area contributed by atoms with E-state index in [-0.39, 0.29) is 11.8 Å². The van der Waals surface area contributed by atoms with Crippen molar-refractivity contribution in [2.75, 3.05) is 51.1 Å². The molecule has 6 nitrogen and oxygen atoms in total. The molecule has 1 aliphatic rings. The van der Waals surface area contributed by atoms with Gasteiger partial charge in [0.2, 0.25) is 11.8 Å². The standard InChI is InChI=1S/C20H25ClN4O2S/c21-17-5-1-2-6-18(17)23-20(27)15-25-11-9-24(10-12-25)14-19(26)22-8-7-16-4-3-13-28-16/h1-6,13H,7-12,14-15H2,(H,22,26)(H,23,27). The lowest BCUT2D eigenvalue weighted by atomic mass is 10.3. The second-order valence-corrected chi connectivity index (χ2v) is 8.20. The van der Waals surface area contributed by atoms with Gasteiger partial charge in [-0.1, -0.05) is 29.8 Å². The van der Waals surface area contributed by atoms with Crippen molar-refractivity contribution in [1.29, 1.82) is 0 Å². The number of nitrogens with one attached hydrogen (secondary N) is 2. The number of thiophene rings is 1. The maximum Gasteiger partial charge on any atom is 0.238 e. The summed E-state index contributed by atoms with van der Waals surface area (Å²) in [6, 6.07) is 11.3. The lowest BCUT2D eigenvalue weighted by Gasteiger charge is -2.33. The van der Waals surface area contributed by atoms with E-state index in [1.807, 2.05) is 23.6 Å². The quantitative estimate of drug-likeness (QED) is 0.687. The van der Waals surface area contributed by atoms with Crippen LogP contribution in [0.15, 0.2) is 41.8 Å². The Bertz CT molecular complexity index is 776. The van der Waals surface area contributed by atoms with Gasteiger partial charge >= 0.3 is 0 Å². The molecule has 1 aromatic carbocycles. The zero-order valence-electron chi connectivity index (χ0n) is 15.7. The molecule has 1 fully saturated rings. The Kier molecular flexibility index (Phi) is 7.85. The van der Waals surface area contributed by atoms with Crippen LogP contribution in [0.4, 0.5) is 5.69 Å². The Labute approximate surface area is 174 Å². The number of piperazine rings is 1. The van der Waals surface area contributed by atoms with Crippen LogP contribution in [0, 0.1) is 0 Å². The van der Waals surface area contributed by atoms with E-state index in [2.05, 4.69) is 26.5 Å². The molecule has 1 saturated heterocycles. The summed E-state index contributed by atoms with van der Waals surface area (Å²) in [5, 5.41) is 8.41. The summed E-state index contributed by atoms with van der Waals surface area (Å²) in [5.74, 6) is -0.0191. The highest BCUT2D eigenvalue weighted by molar-refractivity contribution is 7.09. The number of hydrogen-bond acceptors (Lipinski definition) is 5. The number of anilines is 1. The van der Waals surface area contributed by atoms with E-state index < -0.39 is 0 Å². The van der Waals surface area contributed by atoms with Gasteiger partial charge in [-0.2, -0.15) is 0 Å². The highest BCUT2D eigenvalue weighted by Gasteiger charge is 2.20. The van der Waals surface area contributed by atoms with Crippen LogP contribution >= 0.6 is 22.9 Å². The van der Waals surface area contributed by atoms with Gasteiger partial charge in [-0.3, -0.25) is 19.4 Å². The molecule has 0 saturated carbocycles. The second-order valence-electron chi connectivity index (χ2n) is 6.76. The van der Waals surface area contributed by atoms with Crippen molar-refractivity contribution >= 4 is 40.4 Å². The van der Waals surface area contributed by atoms with E-state index in [4.69, 9.17) is 11.6 Å². The Morgan fingerprint density at radius 2 is 1.64 bits per heavy atom. The largest absolute Gasteiger partial charge is 0.355 e. The fourth-order valence-electron chi connectivity index (χ4n) is 3.10. The summed E-state index contributed by atoms with van der Waals surface area (Å²) in [6.07, 6.45) is 0.873. The van der Waals surface area contributed by atoms with Gasteiger partial charge in [0.1, 0.15) is 0 Å². The molecular formula is C20H25ClN4O2S. The number of nitrogens with zero attached hydrogens (tertiary/aromatic N) is 2. The van der Waals surface area contributed by atoms with Crippen molar-refractivity contribution in [2.24, 2.45) is 0 Å². The van der Waals surface area contributed by atoms with Crippen molar-refractivity contribution in [3.8, 4) is 0 Å². The summed E-state index contributed by atoms with van der Waals surface area (Å²) in [5.41, 5.74) is 0.632. The first-order chi connectivity index (χ1) is 13.6. The van der Waals surface area contributed by atoms with E-state index in [1.165, 1.54) is 4.88 Å². The van der Waals surface area contributed by atoms with Crippen molar-refractivity contribution < 1.29 is 9.59 Å². The number of amides is 2. The average molecular weight is 421 g/mol. The summed E-state index contributed by atoms with van der Waals surface area (Å²) in [7, 11) is 0. The predicted molar refractivity (Wildman–Crippen MR) is 114 cm³/mol. The van der Waals surface area contributed by atoms with Crippen molar-refractivity contribution in [3.05, 3.63) is 51.7 Å². The van der Waals surface area contributed by atoms with Gasteiger partial charge < -0.3 is 10.6 Å². The molecule has 28 heavy (non-hydrogen) atoms. The number of halogens is 1. The van der Waals surface area contributed by atoms with Crippen LogP contribution in [-0.2, 0) is 16.0 Å². The normalized spacial score (nSPS) is 15.3. The van der Waals surface area contributed by atoms with Crippen LogP contribution in [0.1, 0.15) is 4.88 Å². The highest BCUT2D eigenvalue weighted by atomic mass is 35.5. The minimum absolute atomic E-state index is 0.0569. The number of carbonyl (C=O) groups excluding carboxylic acids is 2. The second kappa shape index (κ2) is 10.6. The molecule has 0 radical (unpaired) electrons. The fourth-order valence-corrected chi connectivity index (χ4v) is 3.99. The topological polar surface area (TPSA) is 64.7 Å². The van der Waals surface area contributed by atoms with Crippen LogP contribution in [0.25, 0.3) is 0 Å². The number of carbonyl (C=O) groups is 2. The molecule has 0 unspecified atom stereocenters. The van der Waals surface area contributed by atoms with E-state index in [9.17, 15) is 9.59 Å². The van der Waals surface area contributed by atoms with E-state index >= 15 is 0 Å². The van der Waals surface area contributed by atoms with Gasteiger partial charge in [0.25, 0.3) is 0 Å². The number of hydrogen-bond donors (Lipinski definition) is 2. The van der Waals surface area contributed by atoms with Crippen LogP contribution in [-0.4, -0.2) is 67.4 Å². The van der Waals surface area contributed by atoms with Gasteiger partial charge in [0.05, 0.1) is 23.8 Å². The molecule has 1 aromatic heterocycles. The molecule has 0 bridgehead atoms. The third-order valence-corrected chi connectivity index (χ3v) is 5.89. The first-order valence-electron chi connectivity index (χ1n) is 9.38. The zero-order valence-corrected chi connectivity index (χ0v) is 17.3. The third-order valence-electron chi connectivity index (χ3n) is 4.62. The summed E-state index contributed by atoms with van der Waals surface area (Å²) >= 11 is 7.78. The fraction of sp³-hybridized carbons (Fsp3) is 0.400. The minimum atomic E-state index is -0.0760. The smallest absolute Gasteiger partial charge is 0.238 e. The van der Waals surface area contributed by atoms with Crippen molar-refractivity contribution in [2.45, 2.75) is 6.42 Å². The van der Waals surface area contributed by atoms with Gasteiger partial charge in [-0.25, -0.2) is 0 Å². The molecule has 8 heteroatoms. The number of rotatable bonds is 8. The maximum absolute atomic E-state index is 12.2. The van der Waals surface area contributed by atoms with Crippen LogP contribution in [0.2, 0.25) is 5.02 Å². The molecular weight excluding hydrogens is 396 g/mol. The Hall–Kier alpha value is -1.93. The van der Waals surface area contributed by atoms with Gasteiger partial charge in [0.15, 0.2) is 0 Å². The molecule has 0 atom stereocenters. The van der Waals surface area contributed by atoms with Gasteiger partial charge in [-0.05, 0) is 30.0 Å². The maximum atomic E-state index is 12.2. The Balaban J connectivity index is 1.32. The average Bonchev–Trinajstić information content (AvgIpc) is 3.19. The Morgan fingerprint density at radius 3 is 2.29 bits per heavy atom. The highest BCUT2D eigenvalue weighted by Crippen LogP contribution is 2.20. The molecule has 3 rings (SSSR count). The summed E-state index contributed by atoms with van der Waals surface area (Å²) in [6.45, 7) is 4.48. The van der Waals surface area contributed by atoms with E-state index in [1.54, 1.807) is 23.5 Å². The summed E-state index contributed by atoms with van der Waals surface area (Å²) in [4.78, 5) is 29.8. The van der Waals surface area contributed by atoms with Crippen LogP contribution in [0.3, 0.4) is 0 Å². The number of benzene rings is 1. The molecule has 2 amide bonds. The first kappa shape index (κ1) is 20.8. The lowest BCUT2D eigenvalue weighted by Crippen LogP contribution is -2.51. The number of para-hydroxylation sites is 1. The van der Waals surface area contributed by atoms with Crippen molar-refractivity contribution in [1.82, 2.24) is 15.1 Å². The van der Waals surface area contributed by atoms with E-state index in [0.29, 0.717) is 30.3 Å². The van der Waals surface area contributed by atoms with Gasteiger partial charge in [0, 0.05) is 37.6 Å². The van der Waals surface area contributed by atoms with Crippen molar-refractivity contribution in [3.63, 3.8) is 0 Å². The molecule has 1 aliphatic heterocycles. The monoisotopic (exact) mass is 420 g/mol. The molecule has 2 aromatic rings. The molecule has 0 spiro atoms. The molecule has 2 heterocycles. The van der Waals surface area contributed by atoms with Gasteiger partial charge in [-0.15, -0.1) is 11.3 Å². The molecule has 0 aliphatic carbocycles. The molecule has 150 valence electrons. The Morgan fingerprint density at radius 1 is 0.964 bits per heavy atom. The third kappa shape index (κ3) is 6.60. The molecule has 2 N–H and O–H groups in total. The lowest BCUT2D eigenvalue weighted by molar-refractivity contribution is -0.123. The van der Waals surface area contributed by atoms with E-state index in [0.717, 1.165) is 32.6 Å². The van der Waals surface area contributed by atoms with Crippen LogP contribution in [0.5, 0.6) is 0 Å². The zero-order chi connectivity index (χ0) is 19.8. The summed E-state index contributed by atoms with van der Waals surface area (Å²) < 4.78 is 0. The first-order valence-corrected chi connectivity index (χ1v) is 10.6. The minimum Gasteiger partial charge on any atom is -0.355 e. The predicted octanol–water partition coefficient (Wildman–Crippen LogP) is 2.32. The SMILES string of the molecule is O=C(CN1CCN(CC(=O)Nc2ccccc2Cl)CC1)NCCc1cccs1. The van der Waals surface area contributed by atoms with Crippen LogP contribution < -0.4 is 10.6 Å².